The summed E-state index contributed by atoms with van der Waals surface area (Å²) in [7, 11) is 0. The number of hydrogen-bond acceptors (Lipinski definition) is 6. The Bertz CT molecular complexity index is 529. The van der Waals surface area contributed by atoms with Crippen molar-refractivity contribution >= 4 is 16.3 Å². The van der Waals surface area contributed by atoms with Crippen LogP contribution < -0.4 is 5.32 Å². The van der Waals surface area contributed by atoms with E-state index in [9.17, 15) is 9.81 Å². The van der Waals surface area contributed by atoms with Crippen LogP contribution in [-0.2, 0) is 15.9 Å². The highest BCUT2D eigenvalue weighted by molar-refractivity contribution is 8.05. The lowest BCUT2D eigenvalue weighted by Gasteiger charge is -2.38. The molecule has 0 aromatic heterocycles. The number of rotatable bonds is 1. The van der Waals surface area contributed by atoms with E-state index in [1.165, 1.54) is 0 Å². The number of nitriles is 1. The van der Waals surface area contributed by atoms with Crippen LogP contribution >= 0.6 is 0 Å². The van der Waals surface area contributed by atoms with Crippen molar-refractivity contribution < 1.29 is 9.29 Å². The first-order valence-electron chi connectivity index (χ1n) is 6.56. The van der Waals surface area contributed by atoms with Gasteiger partial charge in [-0.25, -0.2) is 0 Å². The van der Waals surface area contributed by atoms with E-state index in [0.29, 0.717) is 24.1 Å². The standard InChI is InChI=1S/C13H16N4O2S/c1-20(18)13-15-8-9-6-11(7-14)17(12(9)16-13)10-2-4-19-5-3-10/h6,8,10,12H,2-5H2,1H3,(H,15,16). The minimum atomic E-state index is -1.16. The summed E-state index contributed by atoms with van der Waals surface area (Å²) < 4.78 is 17.0. The first-order valence-corrected chi connectivity index (χ1v) is 8.12. The van der Waals surface area contributed by atoms with E-state index in [-0.39, 0.29) is 12.2 Å². The first-order chi connectivity index (χ1) is 9.70. The molecular formula is C13H16N4O2S. The predicted molar refractivity (Wildman–Crippen MR) is 75.9 cm³/mol. The number of fused-ring (bicyclic) bond motifs is 1. The van der Waals surface area contributed by atoms with Crippen molar-refractivity contribution in [2.45, 2.75) is 25.0 Å². The highest BCUT2D eigenvalue weighted by Crippen LogP contribution is 2.32. The van der Waals surface area contributed by atoms with Crippen LogP contribution in [0.15, 0.2) is 28.5 Å². The van der Waals surface area contributed by atoms with Crippen molar-refractivity contribution in [2.75, 3.05) is 19.5 Å². The molecular weight excluding hydrogens is 276 g/mol. The molecule has 0 saturated carbocycles. The second-order valence-electron chi connectivity index (χ2n) is 4.96. The Morgan fingerprint density at radius 1 is 1.55 bits per heavy atom. The van der Waals surface area contributed by atoms with Crippen LogP contribution in [0.3, 0.4) is 0 Å². The maximum Gasteiger partial charge on any atom is 0.318 e. The van der Waals surface area contributed by atoms with Crippen LogP contribution in [0.4, 0.5) is 0 Å². The van der Waals surface area contributed by atoms with E-state index >= 15 is 0 Å². The number of nitrogens with one attached hydrogen (secondary N) is 1. The highest BCUT2D eigenvalue weighted by Gasteiger charge is 2.39. The molecule has 0 aliphatic carbocycles. The largest absolute Gasteiger partial charge is 0.609 e. The fourth-order valence-electron chi connectivity index (χ4n) is 2.78. The van der Waals surface area contributed by atoms with Crippen LogP contribution in [0, 0.1) is 11.3 Å². The van der Waals surface area contributed by atoms with Gasteiger partial charge in [0.05, 0.1) is 0 Å². The van der Waals surface area contributed by atoms with Gasteiger partial charge in [0, 0.05) is 42.2 Å². The topological polar surface area (TPSA) is 83.7 Å². The molecule has 0 aromatic carbocycles. The Morgan fingerprint density at radius 3 is 2.95 bits per heavy atom. The van der Waals surface area contributed by atoms with Gasteiger partial charge in [0.1, 0.15) is 24.2 Å². The molecule has 1 fully saturated rings. The molecule has 106 valence electrons. The molecule has 0 spiro atoms. The Morgan fingerprint density at radius 2 is 2.30 bits per heavy atom. The first kappa shape index (κ1) is 13.5. The summed E-state index contributed by atoms with van der Waals surface area (Å²) in [5.74, 6) is 0. The molecule has 0 aromatic rings. The van der Waals surface area contributed by atoms with E-state index in [0.717, 1.165) is 18.4 Å². The molecule has 6 nitrogen and oxygen atoms in total. The lowest BCUT2D eigenvalue weighted by molar-refractivity contribution is 0.0396. The summed E-state index contributed by atoms with van der Waals surface area (Å²) in [6, 6.07) is 2.52. The van der Waals surface area contributed by atoms with Gasteiger partial charge in [-0.15, -0.1) is 0 Å². The molecule has 1 saturated heterocycles. The smallest absolute Gasteiger partial charge is 0.318 e. The molecule has 1 N–H and O–H groups in total. The maximum absolute atomic E-state index is 11.6. The van der Waals surface area contributed by atoms with E-state index < -0.39 is 11.2 Å². The highest BCUT2D eigenvalue weighted by atomic mass is 32.2. The zero-order chi connectivity index (χ0) is 14.1. The normalized spacial score (nSPS) is 27.8. The fraction of sp³-hybridized carbons (Fsp3) is 0.538. The molecule has 0 radical (unpaired) electrons. The van der Waals surface area contributed by atoms with Crippen LogP contribution in [0.25, 0.3) is 0 Å². The lowest BCUT2D eigenvalue weighted by atomic mass is 10.1. The average Bonchev–Trinajstić information content (AvgIpc) is 2.85. The molecule has 3 rings (SSSR count). The molecule has 0 amide bonds. The number of amidine groups is 1. The van der Waals surface area contributed by atoms with Gasteiger partial charge in [-0.05, 0) is 18.9 Å². The summed E-state index contributed by atoms with van der Waals surface area (Å²) >= 11 is -1.16. The third-order valence-electron chi connectivity index (χ3n) is 3.74. The SMILES string of the molecule is C[S+]([O-])C1=NC=C2C=C(C#N)N(C3CCOCC3)C2N1. The number of ether oxygens (including phenoxy) is 1. The van der Waals surface area contributed by atoms with Crippen molar-refractivity contribution in [3.05, 3.63) is 23.5 Å². The Balaban J connectivity index is 1.87. The average molecular weight is 292 g/mol. The van der Waals surface area contributed by atoms with Gasteiger partial charge >= 0.3 is 5.17 Å². The summed E-state index contributed by atoms with van der Waals surface area (Å²) in [6.45, 7) is 1.43. The molecule has 3 aliphatic rings. The number of aliphatic imine (C=N–C) groups is 1. The fourth-order valence-corrected chi connectivity index (χ4v) is 3.26. The minimum absolute atomic E-state index is 0.135. The maximum atomic E-state index is 11.6. The summed E-state index contributed by atoms with van der Waals surface area (Å²) in [5.41, 5.74) is 1.58. The minimum Gasteiger partial charge on any atom is -0.609 e. The molecule has 2 atom stereocenters. The third-order valence-corrected chi connectivity index (χ3v) is 4.51. The molecule has 2 unspecified atom stereocenters. The Kier molecular flexibility index (Phi) is 3.70. The Labute approximate surface area is 121 Å². The van der Waals surface area contributed by atoms with Gasteiger partial charge in [-0.2, -0.15) is 10.3 Å². The lowest BCUT2D eigenvalue weighted by Crippen LogP contribution is -2.53. The quantitative estimate of drug-likeness (QED) is 0.709. The third kappa shape index (κ3) is 2.30. The zero-order valence-electron chi connectivity index (χ0n) is 11.2. The van der Waals surface area contributed by atoms with Gasteiger partial charge < -0.3 is 19.5 Å². The number of hydrogen-bond donors (Lipinski definition) is 1. The van der Waals surface area contributed by atoms with Crippen molar-refractivity contribution in [2.24, 2.45) is 4.99 Å². The molecule has 3 heterocycles. The zero-order valence-corrected chi connectivity index (χ0v) is 12.0. The van der Waals surface area contributed by atoms with Crippen LogP contribution in [0.2, 0.25) is 0 Å². The summed E-state index contributed by atoms with van der Waals surface area (Å²) in [5, 5.41) is 13.0. The summed E-state index contributed by atoms with van der Waals surface area (Å²) in [6.07, 6.45) is 6.81. The molecule has 7 heteroatoms. The van der Waals surface area contributed by atoms with Gasteiger partial charge in [0.25, 0.3) is 0 Å². The van der Waals surface area contributed by atoms with Crippen molar-refractivity contribution in [1.29, 1.82) is 5.26 Å². The summed E-state index contributed by atoms with van der Waals surface area (Å²) in [4.78, 5) is 6.24. The van der Waals surface area contributed by atoms with Gasteiger partial charge in [-0.3, -0.25) is 0 Å². The van der Waals surface area contributed by atoms with Crippen molar-refractivity contribution in [3.8, 4) is 6.07 Å². The van der Waals surface area contributed by atoms with Gasteiger partial charge in [0.15, 0.2) is 0 Å². The van der Waals surface area contributed by atoms with E-state index in [4.69, 9.17) is 4.74 Å². The predicted octanol–water partition coefficient (Wildman–Crippen LogP) is 0.436. The molecule has 3 aliphatic heterocycles. The number of allylic oxidation sites excluding steroid dienone is 1. The van der Waals surface area contributed by atoms with Crippen molar-refractivity contribution in [1.82, 2.24) is 10.2 Å². The van der Waals surface area contributed by atoms with E-state index in [2.05, 4.69) is 21.3 Å². The second kappa shape index (κ2) is 5.48. The van der Waals surface area contributed by atoms with Gasteiger partial charge in [-0.1, -0.05) is 0 Å². The van der Waals surface area contributed by atoms with Gasteiger partial charge in [0.2, 0.25) is 0 Å². The molecule has 0 bridgehead atoms. The van der Waals surface area contributed by atoms with Crippen LogP contribution in [-0.4, -0.2) is 46.3 Å². The monoisotopic (exact) mass is 292 g/mol. The van der Waals surface area contributed by atoms with Crippen molar-refractivity contribution in [3.63, 3.8) is 0 Å². The van der Waals surface area contributed by atoms with E-state index in [1.54, 1.807) is 12.5 Å². The Hall–Kier alpha value is -1.49. The molecule has 20 heavy (non-hydrogen) atoms. The number of nitrogens with zero attached hydrogens (tertiary/aromatic N) is 3. The van der Waals surface area contributed by atoms with Crippen LogP contribution in [0.1, 0.15) is 12.8 Å². The second-order valence-corrected chi connectivity index (χ2v) is 6.25. The van der Waals surface area contributed by atoms with Crippen LogP contribution in [0.5, 0.6) is 0 Å². The van der Waals surface area contributed by atoms with E-state index in [1.807, 2.05) is 6.08 Å².